The summed E-state index contributed by atoms with van der Waals surface area (Å²) in [4.78, 5) is 24.7. The molecule has 0 aliphatic carbocycles. The second-order valence-corrected chi connectivity index (χ2v) is 8.11. The van der Waals surface area contributed by atoms with Crippen LogP contribution in [-0.4, -0.2) is 26.4 Å². The third-order valence-corrected chi connectivity index (χ3v) is 5.08. The van der Waals surface area contributed by atoms with Gasteiger partial charge in [-0.05, 0) is 61.5 Å². The van der Waals surface area contributed by atoms with Crippen molar-refractivity contribution < 1.29 is 27.5 Å². The molecule has 0 aliphatic rings. The van der Waals surface area contributed by atoms with Gasteiger partial charge in [0.05, 0.1) is 10.5 Å². The molecule has 3 rings (SSSR count). The molecule has 0 saturated carbocycles. The Hall–Kier alpha value is -3.69. The van der Waals surface area contributed by atoms with Crippen LogP contribution in [0.2, 0.25) is 0 Å². The molecule has 0 heterocycles. The maximum absolute atomic E-state index is 12.4. The van der Waals surface area contributed by atoms with Crippen molar-refractivity contribution in [2.75, 3.05) is 5.32 Å². The molecule has 0 saturated heterocycles. The van der Waals surface area contributed by atoms with Crippen molar-refractivity contribution in [1.29, 1.82) is 0 Å². The van der Waals surface area contributed by atoms with E-state index >= 15 is 0 Å². The zero-order valence-electron chi connectivity index (χ0n) is 16.5. The minimum Gasteiger partial charge on any atom is -0.457 e. The zero-order valence-corrected chi connectivity index (χ0v) is 17.3. The molecule has 0 fully saturated rings. The van der Waals surface area contributed by atoms with Gasteiger partial charge in [-0.3, -0.25) is 4.79 Å². The molecule has 1 amide bonds. The Labute approximate surface area is 179 Å². The van der Waals surface area contributed by atoms with E-state index < -0.39 is 28.0 Å². The van der Waals surface area contributed by atoms with Gasteiger partial charge < -0.3 is 14.8 Å². The number of hydrogen-bond acceptors (Lipinski definition) is 6. The lowest BCUT2D eigenvalue weighted by Gasteiger charge is -2.14. The Morgan fingerprint density at radius 1 is 0.903 bits per heavy atom. The van der Waals surface area contributed by atoms with Gasteiger partial charge in [-0.1, -0.05) is 24.3 Å². The first kappa shape index (κ1) is 22.0. The molecule has 160 valence electrons. The van der Waals surface area contributed by atoms with Crippen molar-refractivity contribution in [3.63, 3.8) is 0 Å². The quantitative estimate of drug-likeness (QED) is 0.543. The van der Waals surface area contributed by atoms with Crippen molar-refractivity contribution in [3.05, 3.63) is 84.4 Å². The minimum absolute atomic E-state index is 0.0809. The van der Waals surface area contributed by atoms with E-state index in [2.05, 4.69) is 5.32 Å². The summed E-state index contributed by atoms with van der Waals surface area (Å²) in [6, 6.07) is 20.8. The van der Waals surface area contributed by atoms with Crippen molar-refractivity contribution in [1.82, 2.24) is 0 Å². The van der Waals surface area contributed by atoms with E-state index in [0.717, 1.165) is 0 Å². The van der Waals surface area contributed by atoms with Gasteiger partial charge in [0.1, 0.15) is 11.5 Å². The van der Waals surface area contributed by atoms with E-state index in [9.17, 15) is 18.0 Å². The molecule has 0 bridgehead atoms. The van der Waals surface area contributed by atoms with Crippen molar-refractivity contribution >= 4 is 27.6 Å². The first-order valence-corrected chi connectivity index (χ1v) is 10.7. The molecular weight excluding hydrogens is 420 g/mol. The van der Waals surface area contributed by atoms with Crippen LogP contribution in [-0.2, 0) is 19.6 Å². The number of esters is 1. The van der Waals surface area contributed by atoms with Crippen molar-refractivity contribution in [2.45, 2.75) is 17.9 Å². The van der Waals surface area contributed by atoms with Crippen LogP contribution in [0.25, 0.3) is 0 Å². The number of ether oxygens (including phenoxy) is 2. The first-order valence-electron chi connectivity index (χ1n) is 9.20. The average molecular weight is 440 g/mol. The molecule has 31 heavy (non-hydrogen) atoms. The summed E-state index contributed by atoms with van der Waals surface area (Å²) in [5, 5.41) is 7.58. The van der Waals surface area contributed by atoms with Gasteiger partial charge >= 0.3 is 5.97 Å². The lowest BCUT2D eigenvalue weighted by atomic mass is 10.2. The number of hydrogen-bond donors (Lipinski definition) is 2. The van der Waals surface area contributed by atoms with Gasteiger partial charge in [0, 0.05) is 5.69 Å². The van der Waals surface area contributed by atoms with E-state index in [1.165, 1.54) is 37.3 Å². The number of benzene rings is 3. The number of carbonyl (C=O) groups excluding carboxylic acids is 2. The van der Waals surface area contributed by atoms with Crippen LogP contribution in [0.3, 0.4) is 0 Å². The topological polar surface area (TPSA) is 125 Å². The highest BCUT2D eigenvalue weighted by atomic mass is 32.2. The zero-order chi connectivity index (χ0) is 22.4. The molecule has 8 nitrogen and oxygen atoms in total. The molecule has 3 aromatic carbocycles. The number of amides is 1. The summed E-state index contributed by atoms with van der Waals surface area (Å²) < 4.78 is 33.5. The maximum atomic E-state index is 12.4. The highest BCUT2D eigenvalue weighted by Gasteiger charge is 2.20. The van der Waals surface area contributed by atoms with E-state index in [4.69, 9.17) is 14.6 Å². The monoisotopic (exact) mass is 440 g/mol. The fourth-order valence-electron chi connectivity index (χ4n) is 2.57. The number of primary sulfonamides is 1. The molecule has 0 radical (unpaired) electrons. The summed E-state index contributed by atoms with van der Waals surface area (Å²) in [5.41, 5.74) is 0.559. The summed E-state index contributed by atoms with van der Waals surface area (Å²) in [5.74, 6) is -0.193. The molecule has 1 atom stereocenters. The van der Waals surface area contributed by atoms with E-state index in [-0.39, 0.29) is 10.5 Å². The van der Waals surface area contributed by atoms with Crippen LogP contribution in [0.5, 0.6) is 11.5 Å². The van der Waals surface area contributed by atoms with Crippen LogP contribution in [0.15, 0.2) is 83.8 Å². The van der Waals surface area contributed by atoms with Crippen molar-refractivity contribution in [3.8, 4) is 11.5 Å². The molecule has 0 aromatic heterocycles. The largest absolute Gasteiger partial charge is 0.457 e. The molecule has 3 aromatic rings. The number of sulfonamides is 1. The van der Waals surface area contributed by atoms with Gasteiger partial charge in [-0.15, -0.1) is 0 Å². The normalized spacial score (nSPS) is 11.9. The number of nitrogens with two attached hydrogens (primary N) is 1. The highest BCUT2D eigenvalue weighted by molar-refractivity contribution is 7.89. The van der Waals surface area contributed by atoms with Crippen molar-refractivity contribution in [2.24, 2.45) is 5.14 Å². The Morgan fingerprint density at radius 3 is 2.19 bits per heavy atom. The van der Waals surface area contributed by atoms with Crippen LogP contribution < -0.4 is 15.2 Å². The lowest BCUT2D eigenvalue weighted by molar-refractivity contribution is -0.123. The molecule has 0 aliphatic heterocycles. The van der Waals surface area contributed by atoms with Crippen LogP contribution in [0, 0.1) is 0 Å². The van der Waals surface area contributed by atoms with E-state index in [1.807, 2.05) is 18.2 Å². The molecular formula is C22H20N2O6S. The third kappa shape index (κ3) is 6.14. The van der Waals surface area contributed by atoms with Gasteiger partial charge in [0.15, 0.2) is 6.10 Å². The van der Waals surface area contributed by atoms with Gasteiger partial charge in [0.2, 0.25) is 10.0 Å². The number of anilines is 1. The molecule has 3 N–H and O–H groups in total. The lowest BCUT2D eigenvalue weighted by Crippen LogP contribution is -2.30. The second kappa shape index (κ2) is 9.41. The fraction of sp³-hybridized carbons (Fsp3) is 0.0909. The van der Waals surface area contributed by atoms with E-state index in [1.54, 1.807) is 30.3 Å². The molecule has 0 unspecified atom stereocenters. The number of rotatable bonds is 7. The first-order chi connectivity index (χ1) is 14.7. The van der Waals surface area contributed by atoms with E-state index in [0.29, 0.717) is 17.2 Å². The third-order valence-electron chi connectivity index (χ3n) is 4.15. The second-order valence-electron chi connectivity index (χ2n) is 6.55. The standard InChI is InChI=1S/C22H20N2O6S/c1-15(21(25)24-17-10-12-20(13-11-17)31(23,27)28)29-22(26)16-6-5-9-19(14-16)30-18-7-3-2-4-8-18/h2-15H,1H3,(H,24,25)(H2,23,27,28)/t15-/m0/s1. The van der Waals surface area contributed by atoms with Gasteiger partial charge in [0.25, 0.3) is 5.91 Å². The summed E-state index contributed by atoms with van der Waals surface area (Å²) in [6.07, 6.45) is -1.09. The smallest absolute Gasteiger partial charge is 0.339 e. The average Bonchev–Trinajstić information content (AvgIpc) is 2.74. The van der Waals surface area contributed by atoms with Crippen LogP contribution in [0.4, 0.5) is 5.69 Å². The predicted molar refractivity (Wildman–Crippen MR) is 114 cm³/mol. The Bertz CT molecular complexity index is 1180. The Morgan fingerprint density at radius 2 is 1.55 bits per heavy atom. The van der Waals surface area contributed by atoms with Crippen LogP contribution in [0.1, 0.15) is 17.3 Å². The number of carbonyl (C=O) groups is 2. The SMILES string of the molecule is C[C@H](OC(=O)c1cccc(Oc2ccccc2)c1)C(=O)Nc1ccc(S(N)(=O)=O)cc1. The highest BCUT2D eigenvalue weighted by Crippen LogP contribution is 2.22. The maximum Gasteiger partial charge on any atom is 0.339 e. The molecule has 0 spiro atoms. The number of para-hydroxylation sites is 1. The fourth-order valence-corrected chi connectivity index (χ4v) is 3.08. The Balaban J connectivity index is 1.61. The van der Waals surface area contributed by atoms with Gasteiger partial charge in [-0.2, -0.15) is 0 Å². The minimum atomic E-state index is -3.83. The predicted octanol–water partition coefficient (Wildman–Crippen LogP) is 3.31. The Kier molecular flexibility index (Phi) is 6.68. The summed E-state index contributed by atoms with van der Waals surface area (Å²) in [7, 11) is -3.83. The van der Waals surface area contributed by atoms with Crippen LogP contribution >= 0.6 is 0 Å². The molecule has 9 heteroatoms. The summed E-state index contributed by atoms with van der Waals surface area (Å²) >= 11 is 0. The number of nitrogens with one attached hydrogen (secondary N) is 1. The van der Waals surface area contributed by atoms with Gasteiger partial charge in [-0.25, -0.2) is 18.4 Å². The summed E-state index contributed by atoms with van der Waals surface area (Å²) in [6.45, 7) is 1.43.